The largest absolute Gasteiger partial charge is 0.395 e. The third kappa shape index (κ3) is 6.19. The molecular weight excluding hydrogens is 244 g/mol. The zero-order valence-corrected chi connectivity index (χ0v) is 12.5. The van der Waals surface area contributed by atoms with Gasteiger partial charge in [-0.1, -0.05) is 6.92 Å². The minimum Gasteiger partial charge on any atom is -0.395 e. The molecule has 1 unspecified atom stereocenters. The van der Waals surface area contributed by atoms with Gasteiger partial charge in [-0.3, -0.25) is 4.90 Å². The Morgan fingerprint density at radius 2 is 2.26 bits per heavy atom. The summed E-state index contributed by atoms with van der Waals surface area (Å²) < 4.78 is 10.9. The van der Waals surface area contributed by atoms with Crippen LogP contribution in [0, 0.1) is 5.41 Å². The molecule has 0 aromatic rings. The van der Waals surface area contributed by atoms with Crippen molar-refractivity contribution in [2.24, 2.45) is 5.41 Å². The molecule has 0 aromatic heterocycles. The Morgan fingerprint density at radius 3 is 2.84 bits per heavy atom. The summed E-state index contributed by atoms with van der Waals surface area (Å²) in [7, 11) is 1.72. The van der Waals surface area contributed by atoms with Crippen molar-refractivity contribution >= 4 is 0 Å². The molecule has 0 aliphatic carbocycles. The first-order valence-electron chi connectivity index (χ1n) is 7.37. The number of nitrogens with one attached hydrogen (secondary N) is 1. The van der Waals surface area contributed by atoms with Crippen LogP contribution in [0.1, 0.15) is 19.8 Å². The summed E-state index contributed by atoms with van der Waals surface area (Å²) in [6.45, 7) is 9.24. The first kappa shape index (κ1) is 16.9. The molecule has 0 bridgehead atoms. The van der Waals surface area contributed by atoms with Gasteiger partial charge in [-0.25, -0.2) is 0 Å². The molecule has 1 atom stereocenters. The monoisotopic (exact) mass is 274 g/mol. The second-order valence-electron chi connectivity index (χ2n) is 5.43. The third-order valence-electron chi connectivity index (χ3n) is 3.74. The van der Waals surface area contributed by atoms with Crippen LogP contribution < -0.4 is 5.32 Å². The number of aliphatic hydroxyl groups is 1. The van der Waals surface area contributed by atoms with Crippen molar-refractivity contribution in [3.63, 3.8) is 0 Å². The Hall–Kier alpha value is -0.200. The number of nitrogens with zero attached hydrogens (tertiary/aromatic N) is 1. The highest BCUT2D eigenvalue weighted by Crippen LogP contribution is 2.29. The van der Waals surface area contributed by atoms with Gasteiger partial charge in [0, 0.05) is 45.3 Å². The molecule has 1 fully saturated rings. The van der Waals surface area contributed by atoms with E-state index in [9.17, 15) is 5.11 Å². The smallest absolute Gasteiger partial charge is 0.0589 e. The predicted octanol–water partition coefficient (Wildman–Crippen LogP) is 0.333. The quantitative estimate of drug-likeness (QED) is 0.601. The minimum atomic E-state index is 0.178. The van der Waals surface area contributed by atoms with Gasteiger partial charge < -0.3 is 19.9 Å². The van der Waals surface area contributed by atoms with Gasteiger partial charge in [0.1, 0.15) is 0 Å². The van der Waals surface area contributed by atoms with Crippen LogP contribution in [0.25, 0.3) is 0 Å². The Morgan fingerprint density at radius 1 is 1.42 bits per heavy atom. The summed E-state index contributed by atoms with van der Waals surface area (Å²) in [5, 5.41) is 12.7. The van der Waals surface area contributed by atoms with Crippen molar-refractivity contribution in [3.05, 3.63) is 0 Å². The van der Waals surface area contributed by atoms with E-state index in [2.05, 4.69) is 17.1 Å². The number of ether oxygens (including phenoxy) is 2. The van der Waals surface area contributed by atoms with Crippen LogP contribution in [0.15, 0.2) is 0 Å². The van der Waals surface area contributed by atoms with Crippen molar-refractivity contribution < 1.29 is 14.6 Å². The molecule has 2 N–H and O–H groups in total. The van der Waals surface area contributed by atoms with Gasteiger partial charge in [0.15, 0.2) is 0 Å². The van der Waals surface area contributed by atoms with Gasteiger partial charge in [0.2, 0.25) is 0 Å². The van der Waals surface area contributed by atoms with Gasteiger partial charge in [-0.15, -0.1) is 0 Å². The molecule has 5 heteroatoms. The molecule has 0 amide bonds. The summed E-state index contributed by atoms with van der Waals surface area (Å²) in [6.07, 6.45) is 2.32. The van der Waals surface area contributed by atoms with Crippen LogP contribution >= 0.6 is 0 Å². The van der Waals surface area contributed by atoms with E-state index in [1.165, 1.54) is 6.42 Å². The highest BCUT2D eigenvalue weighted by Gasteiger charge is 2.34. The maximum absolute atomic E-state index is 9.20. The van der Waals surface area contributed by atoms with Crippen molar-refractivity contribution in [1.29, 1.82) is 0 Å². The van der Waals surface area contributed by atoms with Crippen molar-refractivity contribution in [3.8, 4) is 0 Å². The molecule has 1 rings (SSSR count). The highest BCUT2D eigenvalue weighted by molar-refractivity contribution is 4.87. The van der Waals surface area contributed by atoms with E-state index in [4.69, 9.17) is 9.47 Å². The topological polar surface area (TPSA) is 54.0 Å². The normalized spacial score (nSPS) is 24.0. The van der Waals surface area contributed by atoms with Crippen LogP contribution in [0.5, 0.6) is 0 Å². The average molecular weight is 274 g/mol. The first-order chi connectivity index (χ1) is 9.26. The average Bonchev–Trinajstić information content (AvgIpc) is 2.44. The van der Waals surface area contributed by atoms with E-state index in [-0.39, 0.29) is 12.0 Å². The second-order valence-corrected chi connectivity index (χ2v) is 5.43. The fourth-order valence-electron chi connectivity index (χ4n) is 2.73. The zero-order valence-electron chi connectivity index (χ0n) is 12.5. The summed E-state index contributed by atoms with van der Waals surface area (Å²) in [6, 6.07) is 0. The van der Waals surface area contributed by atoms with Crippen LogP contribution in [-0.4, -0.2) is 76.3 Å². The van der Waals surface area contributed by atoms with Crippen LogP contribution in [-0.2, 0) is 9.47 Å². The van der Waals surface area contributed by atoms with Crippen molar-refractivity contribution in [2.45, 2.75) is 19.8 Å². The SMILES string of the molecule is CCNCC1(CN(CCO)CCOC)CCCOC1. The van der Waals surface area contributed by atoms with E-state index < -0.39 is 0 Å². The van der Waals surface area contributed by atoms with E-state index in [0.717, 1.165) is 45.8 Å². The van der Waals surface area contributed by atoms with E-state index in [1.807, 2.05) is 0 Å². The molecule has 1 heterocycles. The van der Waals surface area contributed by atoms with Crippen molar-refractivity contribution in [2.75, 3.05) is 66.3 Å². The maximum Gasteiger partial charge on any atom is 0.0589 e. The lowest BCUT2D eigenvalue weighted by Gasteiger charge is -2.41. The Kier molecular flexibility index (Phi) is 8.57. The molecular formula is C14H30N2O3. The molecule has 1 saturated heterocycles. The summed E-state index contributed by atoms with van der Waals surface area (Å²) in [5.41, 5.74) is 0.178. The number of methoxy groups -OCH3 is 1. The number of rotatable bonds is 10. The van der Waals surface area contributed by atoms with E-state index in [1.54, 1.807) is 7.11 Å². The fraction of sp³-hybridized carbons (Fsp3) is 1.00. The third-order valence-corrected chi connectivity index (χ3v) is 3.74. The Labute approximate surface area is 117 Å². The second kappa shape index (κ2) is 9.66. The lowest BCUT2D eigenvalue weighted by molar-refractivity contribution is -0.0305. The lowest BCUT2D eigenvalue weighted by Crippen LogP contribution is -2.50. The molecule has 0 aromatic carbocycles. The van der Waals surface area contributed by atoms with E-state index in [0.29, 0.717) is 13.2 Å². The Balaban J connectivity index is 2.55. The summed E-state index contributed by atoms with van der Waals surface area (Å²) in [5.74, 6) is 0. The maximum atomic E-state index is 9.20. The van der Waals surface area contributed by atoms with Gasteiger partial charge in [0.05, 0.1) is 19.8 Å². The molecule has 0 spiro atoms. The van der Waals surface area contributed by atoms with E-state index >= 15 is 0 Å². The molecule has 0 radical (unpaired) electrons. The minimum absolute atomic E-state index is 0.178. The summed E-state index contributed by atoms with van der Waals surface area (Å²) >= 11 is 0. The van der Waals surface area contributed by atoms with Crippen molar-refractivity contribution in [1.82, 2.24) is 10.2 Å². The van der Waals surface area contributed by atoms with Gasteiger partial charge in [-0.05, 0) is 19.4 Å². The highest BCUT2D eigenvalue weighted by atomic mass is 16.5. The zero-order chi connectivity index (χ0) is 14.0. The van der Waals surface area contributed by atoms with Crippen LogP contribution in [0.3, 0.4) is 0 Å². The summed E-state index contributed by atoms with van der Waals surface area (Å²) in [4.78, 5) is 2.29. The molecule has 5 nitrogen and oxygen atoms in total. The number of hydrogen-bond donors (Lipinski definition) is 2. The predicted molar refractivity (Wildman–Crippen MR) is 76.4 cm³/mol. The van der Waals surface area contributed by atoms with Gasteiger partial charge in [-0.2, -0.15) is 0 Å². The molecule has 1 aliphatic rings. The molecule has 1 aliphatic heterocycles. The van der Waals surface area contributed by atoms with Gasteiger partial charge >= 0.3 is 0 Å². The van der Waals surface area contributed by atoms with Crippen LogP contribution in [0.2, 0.25) is 0 Å². The lowest BCUT2D eigenvalue weighted by atomic mass is 9.81. The number of aliphatic hydroxyl groups excluding tert-OH is 1. The van der Waals surface area contributed by atoms with Crippen LogP contribution in [0.4, 0.5) is 0 Å². The molecule has 114 valence electrons. The standard InChI is InChI=1S/C14H30N2O3/c1-3-15-11-14(5-4-9-19-13-14)12-16(6-8-17)7-10-18-2/h15,17H,3-13H2,1-2H3. The fourth-order valence-corrected chi connectivity index (χ4v) is 2.73. The van der Waals surface area contributed by atoms with Gasteiger partial charge in [0.25, 0.3) is 0 Å². The molecule has 0 saturated carbocycles. The number of hydrogen-bond acceptors (Lipinski definition) is 5. The Bertz CT molecular complexity index is 221. The molecule has 19 heavy (non-hydrogen) atoms. The first-order valence-corrected chi connectivity index (χ1v) is 7.37.